The summed E-state index contributed by atoms with van der Waals surface area (Å²) in [5, 5.41) is 69.4. The summed E-state index contributed by atoms with van der Waals surface area (Å²) in [6.07, 6.45) is 0.993. The van der Waals surface area contributed by atoms with E-state index in [1.807, 2.05) is 38.1 Å². The smallest absolute Gasteiger partial charge is 0.124 e. The van der Waals surface area contributed by atoms with Crippen molar-refractivity contribution in [1.29, 1.82) is 0 Å². The first kappa shape index (κ1) is 34.2. The van der Waals surface area contributed by atoms with E-state index < -0.39 is 12.1 Å². The third-order valence-corrected chi connectivity index (χ3v) is 7.82. The minimum absolute atomic E-state index is 0.180. The fraction of sp³-hybridized carbons (Fsp3) is 0.613. The van der Waals surface area contributed by atoms with Crippen LogP contribution in [0.3, 0.4) is 0 Å². The number of nitrogens with zero attached hydrogens (tertiary/aromatic N) is 2. The van der Waals surface area contributed by atoms with Crippen LogP contribution in [0.5, 0.6) is 11.5 Å². The quantitative estimate of drug-likeness (QED) is 0.145. The molecule has 0 amide bonds. The summed E-state index contributed by atoms with van der Waals surface area (Å²) in [6, 6.07) is 7.00. The van der Waals surface area contributed by atoms with Gasteiger partial charge in [-0.3, -0.25) is 9.80 Å². The number of benzene rings is 2. The van der Waals surface area contributed by atoms with Gasteiger partial charge >= 0.3 is 0 Å². The molecule has 0 aromatic heterocycles. The maximum absolute atomic E-state index is 11.1. The highest BCUT2D eigenvalue weighted by atomic mass is 16.3. The van der Waals surface area contributed by atoms with E-state index in [0.717, 1.165) is 79.1 Å². The van der Waals surface area contributed by atoms with Crippen LogP contribution in [-0.4, -0.2) is 118 Å². The molecule has 0 spiro atoms. The zero-order valence-corrected chi connectivity index (χ0v) is 25.1. The first-order chi connectivity index (χ1) is 20.3. The maximum atomic E-state index is 11.1. The summed E-state index contributed by atoms with van der Waals surface area (Å²) in [4.78, 5) is 4.68. The average molecular weight is 590 g/mol. The van der Waals surface area contributed by atoms with Crippen molar-refractivity contribution in [1.82, 2.24) is 25.8 Å². The van der Waals surface area contributed by atoms with Crippen molar-refractivity contribution < 1.29 is 30.6 Å². The van der Waals surface area contributed by atoms with E-state index in [0.29, 0.717) is 26.2 Å². The van der Waals surface area contributed by atoms with Gasteiger partial charge in [-0.25, -0.2) is 0 Å². The van der Waals surface area contributed by atoms with Gasteiger partial charge in [0.25, 0.3) is 0 Å². The van der Waals surface area contributed by atoms with Crippen LogP contribution in [0.15, 0.2) is 24.3 Å². The average Bonchev–Trinajstić information content (AvgIpc) is 2.98. The lowest BCUT2D eigenvalue weighted by molar-refractivity contribution is 0.169. The first-order valence-electron chi connectivity index (χ1n) is 15.0. The first-order valence-corrected chi connectivity index (χ1v) is 15.0. The number of aliphatic hydroxyl groups is 4. The third kappa shape index (κ3) is 10.4. The Balaban J connectivity index is 1.71. The maximum Gasteiger partial charge on any atom is 0.124 e. The van der Waals surface area contributed by atoms with E-state index in [1.54, 1.807) is 0 Å². The molecule has 11 heteroatoms. The predicted octanol–water partition coefficient (Wildman–Crippen LogP) is -0.102. The van der Waals surface area contributed by atoms with E-state index >= 15 is 0 Å². The van der Waals surface area contributed by atoms with Crippen molar-refractivity contribution in [2.24, 2.45) is 0 Å². The Hall–Kier alpha value is -2.32. The van der Waals surface area contributed by atoms with Gasteiger partial charge in [-0.05, 0) is 33.4 Å². The lowest BCUT2D eigenvalue weighted by Crippen LogP contribution is -2.41. The Morgan fingerprint density at radius 2 is 1.07 bits per heavy atom. The third-order valence-electron chi connectivity index (χ3n) is 7.82. The molecule has 0 bridgehead atoms. The zero-order valence-electron chi connectivity index (χ0n) is 25.1. The number of hydrogen-bond acceptors (Lipinski definition) is 11. The number of rotatable bonds is 14. The van der Waals surface area contributed by atoms with Gasteiger partial charge in [0.15, 0.2) is 0 Å². The summed E-state index contributed by atoms with van der Waals surface area (Å²) in [5.74, 6) is 0.477. The van der Waals surface area contributed by atoms with Gasteiger partial charge in [0.1, 0.15) is 11.5 Å². The number of hydrogen-bond donors (Lipinski definition) is 9. The van der Waals surface area contributed by atoms with Crippen LogP contribution in [-0.2, 0) is 26.2 Å². The highest BCUT2D eigenvalue weighted by molar-refractivity contribution is 5.44. The molecule has 0 radical (unpaired) electrons. The zero-order chi connectivity index (χ0) is 30.5. The molecule has 0 saturated carbocycles. The molecule has 1 fully saturated rings. The van der Waals surface area contributed by atoms with E-state index in [9.17, 15) is 30.6 Å². The SMILES string of the molecule is Cc1cc(CNC(CO)CO)c(O)c(CN2CCCNCCN(Cc3cc(C)cc(CNC(CO)CO)c3O)CC2)c1. The fourth-order valence-electron chi connectivity index (χ4n) is 5.36. The highest BCUT2D eigenvalue weighted by Gasteiger charge is 2.18. The van der Waals surface area contributed by atoms with Crippen molar-refractivity contribution >= 4 is 0 Å². The van der Waals surface area contributed by atoms with Crippen molar-refractivity contribution in [2.75, 3.05) is 65.7 Å². The molecule has 1 saturated heterocycles. The van der Waals surface area contributed by atoms with E-state index in [1.165, 1.54) is 0 Å². The second-order valence-electron chi connectivity index (χ2n) is 11.4. The van der Waals surface area contributed by atoms with E-state index in [2.05, 4.69) is 25.8 Å². The second kappa shape index (κ2) is 17.7. The van der Waals surface area contributed by atoms with Gasteiger partial charge in [-0.15, -0.1) is 0 Å². The van der Waals surface area contributed by atoms with Gasteiger partial charge in [0.2, 0.25) is 0 Å². The molecule has 1 aliphatic heterocycles. The van der Waals surface area contributed by atoms with Crippen LogP contribution in [0, 0.1) is 13.8 Å². The van der Waals surface area contributed by atoms with E-state index in [4.69, 9.17) is 0 Å². The Morgan fingerprint density at radius 3 is 1.52 bits per heavy atom. The molecular formula is C31H51N5O6. The van der Waals surface area contributed by atoms with Gasteiger partial charge < -0.3 is 46.6 Å². The lowest BCUT2D eigenvalue weighted by Gasteiger charge is -2.30. The Bertz CT molecular complexity index is 1010. The molecule has 2 aromatic carbocycles. The van der Waals surface area contributed by atoms with Gasteiger partial charge in [-0.2, -0.15) is 0 Å². The van der Waals surface area contributed by atoms with Gasteiger partial charge in [-0.1, -0.05) is 35.4 Å². The molecule has 11 nitrogen and oxygen atoms in total. The number of aromatic hydroxyl groups is 2. The molecule has 9 N–H and O–H groups in total. The Morgan fingerprint density at radius 1 is 0.643 bits per heavy atom. The topological polar surface area (TPSA) is 164 Å². The van der Waals surface area contributed by atoms with Crippen LogP contribution in [0.2, 0.25) is 0 Å². The molecule has 0 atom stereocenters. The monoisotopic (exact) mass is 589 g/mol. The molecule has 236 valence electrons. The predicted molar refractivity (Wildman–Crippen MR) is 163 cm³/mol. The molecule has 3 rings (SSSR count). The molecule has 2 aromatic rings. The molecular weight excluding hydrogens is 538 g/mol. The number of phenolic OH excluding ortho intramolecular Hbond substituents is 2. The van der Waals surface area contributed by atoms with E-state index in [-0.39, 0.29) is 37.9 Å². The van der Waals surface area contributed by atoms with Crippen molar-refractivity contribution in [2.45, 2.75) is 58.5 Å². The molecule has 42 heavy (non-hydrogen) atoms. The largest absolute Gasteiger partial charge is 0.507 e. The second-order valence-corrected chi connectivity index (χ2v) is 11.4. The summed E-state index contributed by atoms with van der Waals surface area (Å²) in [7, 11) is 0. The minimum Gasteiger partial charge on any atom is -0.507 e. The molecule has 0 aliphatic carbocycles. The van der Waals surface area contributed by atoms with Crippen molar-refractivity contribution in [3.63, 3.8) is 0 Å². The number of nitrogens with one attached hydrogen (secondary N) is 3. The molecule has 1 aliphatic rings. The fourth-order valence-corrected chi connectivity index (χ4v) is 5.36. The number of aryl methyl sites for hydroxylation is 2. The normalized spacial score (nSPS) is 16.0. The standard InChI is InChI=1S/C31H51N5O6/c1-22-10-24(14-33-28(18-37)19-38)30(41)26(12-22)16-35-6-3-4-32-5-7-36(9-8-35)17-27-13-23(2)11-25(31(27)42)15-34-29(20-39)21-40/h10-13,28-29,32-34,37-42H,3-9,14-21H2,1-2H3. The number of aliphatic hydroxyl groups excluding tert-OH is 4. The van der Waals surface area contributed by atoms with Gasteiger partial charge in [0, 0.05) is 74.6 Å². The van der Waals surface area contributed by atoms with Crippen molar-refractivity contribution in [3.8, 4) is 11.5 Å². The van der Waals surface area contributed by atoms with Crippen LogP contribution < -0.4 is 16.0 Å². The number of phenols is 2. The Labute approximate surface area is 249 Å². The van der Waals surface area contributed by atoms with Crippen LogP contribution in [0.25, 0.3) is 0 Å². The van der Waals surface area contributed by atoms with Crippen molar-refractivity contribution in [3.05, 3.63) is 57.6 Å². The minimum atomic E-state index is -0.439. The van der Waals surface area contributed by atoms with Gasteiger partial charge in [0.05, 0.1) is 38.5 Å². The Kier molecular flexibility index (Phi) is 14.4. The summed E-state index contributed by atoms with van der Waals surface area (Å²) >= 11 is 0. The van der Waals surface area contributed by atoms with Crippen LogP contribution in [0.1, 0.15) is 39.8 Å². The highest BCUT2D eigenvalue weighted by Crippen LogP contribution is 2.28. The van der Waals surface area contributed by atoms with Crippen LogP contribution in [0.4, 0.5) is 0 Å². The summed E-state index contributed by atoms with van der Waals surface area (Å²) < 4.78 is 0. The lowest BCUT2D eigenvalue weighted by atomic mass is 10.0. The summed E-state index contributed by atoms with van der Waals surface area (Å²) in [6.45, 7) is 10.2. The summed E-state index contributed by atoms with van der Waals surface area (Å²) in [5.41, 5.74) is 5.25. The molecule has 1 heterocycles. The van der Waals surface area contributed by atoms with Crippen LogP contribution >= 0.6 is 0 Å². The molecule has 0 unspecified atom stereocenters.